The van der Waals surface area contributed by atoms with E-state index in [1.807, 2.05) is 53.4 Å². The molecule has 1 aromatic heterocycles. The molecule has 5 aromatic rings. The third-order valence-corrected chi connectivity index (χ3v) is 7.70. The zero-order valence-corrected chi connectivity index (χ0v) is 20.3. The number of anilines is 2. The lowest BCUT2D eigenvalue weighted by Crippen LogP contribution is -2.53. The van der Waals surface area contributed by atoms with Crippen molar-refractivity contribution in [3.63, 3.8) is 0 Å². The normalized spacial score (nSPS) is 17.7. The second-order valence-electron chi connectivity index (χ2n) is 9.79. The molecule has 4 aromatic carbocycles. The first-order valence-electron chi connectivity index (χ1n) is 12.4. The molecule has 2 aliphatic rings. The maximum Gasteiger partial charge on any atom is 0.279 e. The molecule has 0 saturated carbocycles. The zero-order valence-electron chi connectivity index (χ0n) is 20.3. The van der Waals surface area contributed by atoms with E-state index in [-0.39, 0.29) is 5.91 Å². The SMILES string of the molecule is Cc1cc2nc3n(c2cc1C)C1(Nc2ccccc2-3)C(=O)N(CCc2ccccc2)c2ccccc21. The number of carbonyl (C=O) groups is 1. The molecule has 1 amide bonds. The summed E-state index contributed by atoms with van der Waals surface area (Å²) in [5.74, 6) is 0.838. The van der Waals surface area contributed by atoms with Gasteiger partial charge in [-0.2, -0.15) is 0 Å². The number of hydrogen-bond donors (Lipinski definition) is 1. The minimum Gasteiger partial charge on any atom is -0.350 e. The Morgan fingerprint density at radius 3 is 2.44 bits per heavy atom. The van der Waals surface area contributed by atoms with Gasteiger partial charge in [0, 0.05) is 23.4 Å². The van der Waals surface area contributed by atoms with Gasteiger partial charge in [0.2, 0.25) is 5.66 Å². The van der Waals surface area contributed by atoms with Gasteiger partial charge in [0.25, 0.3) is 5.91 Å². The minimum absolute atomic E-state index is 0.0212. The van der Waals surface area contributed by atoms with Crippen molar-refractivity contribution in [2.75, 3.05) is 16.8 Å². The quantitative estimate of drug-likeness (QED) is 0.350. The fraction of sp³-hybridized carbons (Fsp3) is 0.161. The van der Waals surface area contributed by atoms with E-state index >= 15 is 0 Å². The molecule has 7 rings (SSSR count). The van der Waals surface area contributed by atoms with Gasteiger partial charge in [0.05, 0.1) is 16.7 Å². The number of aryl methyl sites for hydroxylation is 2. The lowest BCUT2D eigenvalue weighted by molar-refractivity contribution is -0.123. The van der Waals surface area contributed by atoms with Crippen molar-refractivity contribution in [1.29, 1.82) is 0 Å². The number of imidazole rings is 1. The Balaban J connectivity index is 1.48. The molecule has 1 unspecified atom stereocenters. The van der Waals surface area contributed by atoms with E-state index in [1.54, 1.807) is 0 Å². The zero-order chi connectivity index (χ0) is 24.4. The Kier molecular flexibility index (Phi) is 4.40. The van der Waals surface area contributed by atoms with E-state index in [4.69, 9.17) is 4.98 Å². The van der Waals surface area contributed by atoms with Crippen LogP contribution in [0.3, 0.4) is 0 Å². The van der Waals surface area contributed by atoms with Gasteiger partial charge in [-0.1, -0.05) is 60.7 Å². The fourth-order valence-electron chi connectivity index (χ4n) is 5.77. The van der Waals surface area contributed by atoms with Crippen LogP contribution in [0, 0.1) is 13.8 Å². The maximum absolute atomic E-state index is 14.6. The summed E-state index contributed by atoms with van der Waals surface area (Å²) < 4.78 is 2.14. The molecule has 1 atom stereocenters. The first-order chi connectivity index (χ1) is 17.6. The molecule has 0 saturated heterocycles. The predicted molar refractivity (Wildman–Crippen MR) is 144 cm³/mol. The molecular formula is C31H26N4O. The van der Waals surface area contributed by atoms with E-state index in [1.165, 1.54) is 16.7 Å². The number of rotatable bonds is 3. The van der Waals surface area contributed by atoms with Gasteiger partial charge in [-0.25, -0.2) is 4.98 Å². The summed E-state index contributed by atoms with van der Waals surface area (Å²) in [6, 6.07) is 31.0. The average molecular weight is 471 g/mol. The van der Waals surface area contributed by atoms with Gasteiger partial charge in [-0.3, -0.25) is 9.36 Å². The smallest absolute Gasteiger partial charge is 0.279 e. The third-order valence-electron chi connectivity index (χ3n) is 7.70. The summed E-state index contributed by atoms with van der Waals surface area (Å²) in [5, 5.41) is 3.71. The van der Waals surface area contributed by atoms with Crippen molar-refractivity contribution in [1.82, 2.24) is 9.55 Å². The first kappa shape index (κ1) is 20.9. The van der Waals surface area contributed by atoms with Gasteiger partial charge in [-0.05, 0) is 67.3 Å². The number of nitrogens with zero attached hydrogens (tertiary/aromatic N) is 3. The Morgan fingerprint density at radius 1 is 0.861 bits per heavy atom. The number of benzene rings is 4. The van der Waals surface area contributed by atoms with E-state index in [0.29, 0.717) is 6.54 Å². The molecule has 0 aliphatic carbocycles. The molecule has 176 valence electrons. The van der Waals surface area contributed by atoms with Crippen molar-refractivity contribution >= 4 is 28.3 Å². The van der Waals surface area contributed by atoms with Gasteiger partial charge >= 0.3 is 0 Å². The highest BCUT2D eigenvalue weighted by atomic mass is 16.2. The number of para-hydroxylation sites is 2. The van der Waals surface area contributed by atoms with Crippen molar-refractivity contribution in [2.45, 2.75) is 25.9 Å². The van der Waals surface area contributed by atoms with E-state index in [9.17, 15) is 4.79 Å². The van der Waals surface area contributed by atoms with E-state index < -0.39 is 5.66 Å². The summed E-state index contributed by atoms with van der Waals surface area (Å²) in [6.07, 6.45) is 0.781. The average Bonchev–Trinajstić information content (AvgIpc) is 3.38. The van der Waals surface area contributed by atoms with Crippen molar-refractivity contribution in [2.24, 2.45) is 0 Å². The molecule has 5 heteroatoms. The maximum atomic E-state index is 14.6. The Labute approximate surface area is 210 Å². The van der Waals surface area contributed by atoms with Crippen LogP contribution in [-0.2, 0) is 16.9 Å². The highest BCUT2D eigenvalue weighted by Crippen LogP contribution is 2.50. The Morgan fingerprint density at radius 2 is 1.58 bits per heavy atom. The number of carbonyl (C=O) groups excluding carboxylic acids is 1. The van der Waals surface area contributed by atoms with E-state index in [2.05, 4.69) is 66.2 Å². The lowest BCUT2D eigenvalue weighted by Gasteiger charge is -2.38. The monoisotopic (exact) mass is 470 g/mol. The second-order valence-corrected chi connectivity index (χ2v) is 9.79. The molecule has 3 heterocycles. The van der Waals surface area contributed by atoms with Crippen molar-refractivity contribution in [3.05, 3.63) is 113 Å². The van der Waals surface area contributed by atoms with Crippen molar-refractivity contribution < 1.29 is 4.79 Å². The van der Waals surface area contributed by atoms with Crippen LogP contribution in [0.4, 0.5) is 11.4 Å². The van der Waals surface area contributed by atoms with Crippen molar-refractivity contribution in [3.8, 4) is 11.4 Å². The highest BCUT2D eigenvalue weighted by molar-refractivity contribution is 6.12. The van der Waals surface area contributed by atoms with Gasteiger partial charge in [-0.15, -0.1) is 0 Å². The molecule has 1 spiro atoms. The number of aromatic nitrogens is 2. The Bertz CT molecular complexity index is 1670. The summed E-state index contributed by atoms with van der Waals surface area (Å²) in [7, 11) is 0. The molecule has 36 heavy (non-hydrogen) atoms. The summed E-state index contributed by atoms with van der Waals surface area (Å²) in [5.41, 5.74) is 8.16. The molecule has 0 radical (unpaired) electrons. The van der Waals surface area contributed by atoms with Crippen LogP contribution < -0.4 is 10.2 Å². The predicted octanol–water partition coefficient (Wildman–Crippen LogP) is 6.04. The van der Waals surface area contributed by atoms with Crippen LogP contribution in [0.2, 0.25) is 0 Å². The summed E-state index contributed by atoms with van der Waals surface area (Å²) in [4.78, 5) is 21.7. The van der Waals surface area contributed by atoms with E-state index in [0.717, 1.165) is 45.8 Å². The minimum atomic E-state index is -1.10. The fourth-order valence-corrected chi connectivity index (χ4v) is 5.77. The van der Waals surface area contributed by atoms with Crippen LogP contribution in [-0.4, -0.2) is 22.0 Å². The van der Waals surface area contributed by atoms with Crippen LogP contribution in [0.25, 0.3) is 22.4 Å². The molecule has 0 bridgehead atoms. The van der Waals surface area contributed by atoms with Crippen LogP contribution in [0.1, 0.15) is 22.3 Å². The third kappa shape index (κ3) is 2.77. The topological polar surface area (TPSA) is 50.2 Å². The summed E-state index contributed by atoms with van der Waals surface area (Å²) >= 11 is 0. The molecule has 1 N–H and O–H groups in total. The first-order valence-corrected chi connectivity index (χ1v) is 12.4. The molecule has 0 fully saturated rings. The summed E-state index contributed by atoms with van der Waals surface area (Å²) in [6.45, 7) is 4.82. The number of hydrogen-bond acceptors (Lipinski definition) is 3. The van der Waals surface area contributed by atoms with Crippen LogP contribution in [0.5, 0.6) is 0 Å². The second kappa shape index (κ2) is 7.56. The van der Waals surface area contributed by atoms with Crippen LogP contribution in [0.15, 0.2) is 91.0 Å². The van der Waals surface area contributed by atoms with Gasteiger partial charge in [0.15, 0.2) is 0 Å². The van der Waals surface area contributed by atoms with Gasteiger partial charge < -0.3 is 10.2 Å². The molecule has 5 nitrogen and oxygen atoms in total. The highest BCUT2D eigenvalue weighted by Gasteiger charge is 2.56. The lowest BCUT2D eigenvalue weighted by atomic mass is 9.95. The van der Waals surface area contributed by atoms with Crippen LogP contribution >= 0.6 is 0 Å². The number of fused-ring (bicyclic) bond motifs is 8. The van der Waals surface area contributed by atoms with Gasteiger partial charge in [0.1, 0.15) is 5.82 Å². The molecular weight excluding hydrogens is 444 g/mol. The Hall–Kier alpha value is -4.38. The number of nitrogens with one attached hydrogen (secondary N) is 1. The number of amides is 1. The largest absolute Gasteiger partial charge is 0.350 e. The standard InChI is InChI=1S/C31H26N4O/c1-20-18-26-28(19-21(20)2)35-29(32-26)23-12-6-8-14-25(23)33-31(35)24-13-7-9-15-27(24)34(30(31)36)17-16-22-10-4-3-5-11-22/h3-15,18-19,33H,16-17H2,1-2H3. The molecule has 2 aliphatic heterocycles.